The van der Waals surface area contributed by atoms with Crippen molar-refractivity contribution in [3.8, 4) is 5.75 Å². The van der Waals surface area contributed by atoms with Crippen molar-refractivity contribution in [3.63, 3.8) is 0 Å². The number of hydrogen-bond donors (Lipinski definition) is 2. The van der Waals surface area contributed by atoms with Gasteiger partial charge in [0.15, 0.2) is 6.23 Å². The molecule has 5 nitrogen and oxygen atoms in total. The fourth-order valence-electron chi connectivity index (χ4n) is 3.26. The van der Waals surface area contributed by atoms with Crippen LogP contribution in [0.5, 0.6) is 5.75 Å². The maximum absolute atomic E-state index is 11.4. The number of nitrogens with zero attached hydrogens (tertiary/aromatic N) is 1. The Morgan fingerprint density at radius 2 is 2.23 bits per heavy atom. The van der Waals surface area contributed by atoms with Gasteiger partial charge in [-0.2, -0.15) is 0 Å². The largest absolute Gasteiger partial charge is 0.478 e. The molecule has 0 spiro atoms. The van der Waals surface area contributed by atoms with Crippen molar-refractivity contribution in [1.82, 2.24) is 10.2 Å². The highest BCUT2D eigenvalue weighted by molar-refractivity contribution is 5.91. The number of unbranched alkanes of at least 4 members (excludes halogenated alkanes) is 1. The molecule has 2 aliphatic rings. The maximum atomic E-state index is 11.4. The predicted octanol–water partition coefficient (Wildman–Crippen LogP) is 2.14. The molecule has 0 bridgehead atoms. The van der Waals surface area contributed by atoms with Crippen LogP contribution in [0.4, 0.5) is 0 Å². The molecule has 3 atom stereocenters. The van der Waals surface area contributed by atoms with Crippen molar-refractivity contribution >= 4 is 5.97 Å². The summed E-state index contributed by atoms with van der Waals surface area (Å²) in [5, 5.41) is 12.8. The van der Waals surface area contributed by atoms with E-state index in [2.05, 4.69) is 24.3 Å². The Bertz CT molecular complexity index is 559. The minimum atomic E-state index is -0.916. The summed E-state index contributed by atoms with van der Waals surface area (Å²) in [6, 6.07) is 5.44. The van der Waals surface area contributed by atoms with E-state index >= 15 is 0 Å². The van der Waals surface area contributed by atoms with Crippen LogP contribution in [0.2, 0.25) is 0 Å². The minimum Gasteiger partial charge on any atom is -0.478 e. The number of rotatable bonds is 7. The first-order valence-electron chi connectivity index (χ1n) is 7.99. The van der Waals surface area contributed by atoms with E-state index in [1.165, 1.54) is 0 Å². The molecule has 1 fully saturated rings. The van der Waals surface area contributed by atoms with E-state index in [4.69, 9.17) is 4.74 Å². The van der Waals surface area contributed by atoms with Crippen molar-refractivity contribution in [3.05, 3.63) is 29.3 Å². The van der Waals surface area contributed by atoms with E-state index in [-0.39, 0.29) is 11.8 Å². The van der Waals surface area contributed by atoms with Crippen LogP contribution in [-0.4, -0.2) is 49.4 Å². The summed E-state index contributed by atoms with van der Waals surface area (Å²) in [6.45, 7) is 2.00. The lowest BCUT2D eigenvalue weighted by molar-refractivity contribution is 0.0679. The molecule has 1 aromatic carbocycles. The quantitative estimate of drug-likeness (QED) is 0.756. The van der Waals surface area contributed by atoms with Crippen LogP contribution in [-0.2, 0) is 0 Å². The second-order valence-corrected chi connectivity index (χ2v) is 6.54. The van der Waals surface area contributed by atoms with Crippen LogP contribution >= 0.6 is 0 Å². The van der Waals surface area contributed by atoms with Gasteiger partial charge in [-0.3, -0.25) is 5.32 Å². The summed E-state index contributed by atoms with van der Waals surface area (Å²) in [7, 11) is 4.16. The third-order valence-corrected chi connectivity index (χ3v) is 4.53. The predicted molar refractivity (Wildman–Crippen MR) is 84.5 cm³/mol. The summed E-state index contributed by atoms with van der Waals surface area (Å²) in [4.78, 5) is 13.5. The molecule has 1 aliphatic heterocycles. The first kappa shape index (κ1) is 15.3. The fraction of sp³-hybridized carbons (Fsp3) is 0.588. The van der Waals surface area contributed by atoms with Crippen LogP contribution in [0.1, 0.15) is 41.1 Å². The summed E-state index contributed by atoms with van der Waals surface area (Å²) < 4.78 is 6.00. The van der Waals surface area contributed by atoms with Gasteiger partial charge in [-0.25, -0.2) is 4.79 Å². The lowest BCUT2D eigenvalue weighted by atomic mass is 10.0. The molecule has 0 aromatic heterocycles. The highest BCUT2D eigenvalue weighted by atomic mass is 16.5. The second-order valence-electron chi connectivity index (χ2n) is 6.54. The van der Waals surface area contributed by atoms with Crippen molar-refractivity contribution < 1.29 is 14.6 Å². The van der Waals surface area contributed by atoms with Gasteiger partial charge in [0, 0.05) is 5.92 Å². The number of para-hydroxylation sites is 1. The standard InChI is InChI=1S/C17H24N2O3/c1-19(2)9-4-3-8-18-16-14-10-13(14)11-6-5-7-12(17(20)21)15(11)22-16/h5-7,13-14,16,18H,3-4,8-10H2,1-2H3,(H,20,21). The van der Waals surface area contributed by atoms with Crippen molar-refractivity contribution in [2.45, 2.75) is 31.4 Å². The molecule has 1 heterocycles. The summed E-state index contributed by atoms with van der Waals surface area (Å²) in [6.07, 6.45) is 3.30. The number of fused-ring (bicyclic) bond motifs is 3. The Balaban J connectivity index is 1.60. The number of benzene rings is 1. The average Bonchev–Trinajstić information content (AvgIpc) is 3.26. The molecule has 22 heavy (non-hydrogen) atoms. The molecule has 3 rings (SSSR count). The van der Waals surface area contributed by atoms with E-state index in [1.807, 2.05) is 12.1 Å². The van der Waals surface area contributed by atoms with Gasteiger partial charge in [-0.05, 0) is 64.0 Å². The molecular formula is C17H24N2O3. The Labute approximate surface area is 131 Å². The number of aromatic carboxylic acids is 1. The van der Waals surface area contributed by atoms with E-state index in [9.17, 15) is 9.90 Å². The average molecular weight is 304 g/mol. The Morgan fingerprint density at radius 1 is 1.41 bits per heavy atom. The number of ether oxygens (including phenoxy) is 1. The zero-order chi connectivity index (χ0) is 15.7. The highest BCUT2D eigenvalue weighted by Gasteiger charge is 2.50. The monoisotopic (exact) mass is 304 g/mol. The number of carboxylic acid groups (broad SMARTS) is 1. The van der Waals surface area contributed by atoms with Crippen molar-refractivity contribution in [2.75, 3.05) is 27.2 Å². The van der Waals surface area contributed by atoms with E-state index in [1.54, 1.807) is 6.07 Å². The molecule has 2 N–H and O–H groups in total. The van der Waals surface area contributed by atoms with Crippen molar-refractivity contribution in [1.29, 1.82) is 0 Å². The molecule has 3 unspecified atom stereocenters. The van der Waals surface area contributed by atoms with Gasteiger partial charge in [-0.15, -0.1) is 0 Å². The third-order valence-electron chi connectivity index (χ3n) is 4.53. The lowest BCUT2D eigenvalue weighted by Gasteiger charge is -2.27. The first-order chi connectivity index (χ1) is 10.6. The fourth-order valence-corrected chi connectivity index (χ4v) is 3.26. The van der Waals surface area contributed by atoms with E-state index < -0.39 is 5.97 Å². The molecule has 0 saturated heterocycles. The number of hydrogen-bond acceptors (Lipinski definition) is 4. The van der Waals surface area contributed by atoms with E-state index in [0.717, 1.165) is 37.9 Å². The topological polar surface area (TPSA) is 61.8 Å². The Hall–Kier alpha value is -1.59. The Kier molecular flexibility index (Phi) is 4.36. The SMILES string of the molecule is CN(C)CCCCNC1Oc2c(C(=O)O)cccc2C2CC12. The molecule has 0 radical (unpaired) electrons. The summed E-state index contributed by atoms with van der Waals surface area (Å²) in [5.41, 5.74) is 1.35. The van der Waals surface area contributed by atoms with Gasteiger partial charge in [0.25, 0.3) is 0 Å². The summed E-state index contributed by atoms with van der Waals surface area (Å²) in [5.74, 6) is 0.605. The molecule has 1 saturated carbocycles. The number of carbonyl (C=O) groups is 1. The second kappa shape index (κ2) is 6.26. The molecule has 1 aliphatic carbocycles. The van der Waals surface area contributed by atoms with Crippen molar-refractivity contribution in [2.24, 2.45) is 5.92 Å². The van der Waals surface area contributed by atoms with Gasteiger partial charge in [0.2, 0.25) is 0 Å². The van der Waals surface area contributed by atoms with Crippen LogP contribution in [0, 0.1) is 5.92 Å². The third kappa shape index (κ3) is 3.10. The molecule has 1 aromatic rings. The van der Waals surface area contributed by atoms with Gasteiger partial charge in [-0.1, -0.05) is 12.1 Å². The minimum absolute atomic E-state index is 0.0441. The van der Waals surface area contributed by atoms with Crippen LogP contribution in [0.25, 0.3) is 0 Å². The zero-order valence-corrected chi connectivity index (χ0v) is 13.2. The van der Waals surface area contributed by atoms with Crippen LogP contribution < -0.4 is 10.1 Å². The van der Waals surface area contributed by atoms with Gasteiger partial charge < -0.3 is 14.7 Å². The normalized spacial score (nSPS) is 25.3. The molecule has 120 valence electrons. The smallest absolute Gasteiger partial charge is 0.339 e. The zero-order valence-electron chi connectivity index (χ0n) is 13.2. The lowest BCUT2D eigenvalue weighted by Crippen LogP contribution is -2.40. The number of carboxylic acids is 1. The number of nitrogens with one attached hydrogen (secondary N) is 1. The Morgan fingerprint density at radius 3 is 2.95 bits per heavy atom. The first-order valence-corrected chi connectivity index (χ1v) is 7.99. The summed E-state index contributed by atoms with van der Waals surface area (Å²) >= 11 is 0. The highest BCUT2D eigenvalue weighted by Crippen LogP contribution is 2.56. The van der Waals surface area contributed by atoms with Gasteiger partial charge in [0.1, 0.15) is 11.3 Å². The van der Waals surface area contributed by atoms with Crippen LogP contribution in [0.15, 0.2) is 18.2 Å². The molecular weight excluding hydrogens is 280 g/mol. The van der Waals surface area contributed by atoms with E-state index in [0.29, 0.717) is 17.6 Å². The van der Waals surface area contributed by atoms with Crippen LogP contribution in [0.3, 0.4) is 0 Å². The van der Waals surface area contributed by atoms with Gasteiger partial charge in [0.05, 0.1) is 0 Å². The van der Waals surface area contributed by atoms with Gasteiger partial charge >= 0.3 is 5.97 Å². The molecule has 5 heteroatoms. The maximum Gasteiger partial charge on any atom is 0.339 e. The molecule has 0 amide bonds.